The monoisotopic (exact) mass is 205 g/mol. The average Bonchev–Trinajstić information content (AvgIpc) is 1.89. The first-order valence-corrected chi connectivity index (χ1v) is 4.47. The third-order valence-electron chi connectivity index (χ3n) is 2.82. The van der Waals surface area contributed by atoms with Crippen LogP contribution in [0.4, 0.5) is 13.6 Å². The van der Waals surface area contributed by atoms with Crippen molar-refractivity contribution < 1.29 is 18.7 Å². The lowest BCUT2D eigenvalue weighted by atomic mass is 9.73. The third kappa shape index (κ3) is 1.54. The van der Waals surface area contributed by atoms with Gasteiger partial charge in [-0.3, -0.25) is 4.90 Å². The van der Waals surface area contributed by atoms with E-state index in [-0.39, 0.29) is 12.0 Å². The van der Waals surface area contributed by atoms with Gasteiger partial charge in [0, 0.05) is 31.6 Å². The second-order valence-corrected chi connectivity index (χ2v) is 4.18. The van der Waals surface area contributed by atoms with Crippen molar-refractivity contribution in [3.63, 3.8) is 0 Å². The van der Waals surface area contributed by atoms with Crippen molar-refractivity contribution in [3.8, 4) is 0 Å². The van der Waals surface area contributed by atoms with Crippen molar-refractivity contribution in [1.82, 2.24) is 9.80 Å². The first-order valence-electron chi connectivity index (χ1n) is 4.47. The van der Waals surface area contributed by atoms with E-state index in [2.05, 4.69) is 0 Å². The molecule has 0 aliphatic carbocycles. The molecule has 1 spiro atoms. The van der Waals surface area contributed by atoms with E-state index < -0.39 is 12.5 Å². The number of alkyl halides is 2. The summed E-state index contributed by atoms with van der Waals surface area (Å²) in [4.78, 5) is 13.2. The Labute approximate surface area is 80.1 Å². The molecule has 2 saturated heterocycles. The van der Waals surface area contributed by atoms with Crippen LogP contribution in [0.25, 0.3) is 0 Å². The highest BCUT2D eigenvalue weighted by Gasteiger charge is 2.51. The fourth-order valence-corrected chi connectivity index (χ4v) is 2.32. The van der Waals surface area contributed by atoms with Gasteiger partial charge in [0.15, 0.2) is 0 Å². The Bertz CT molecular complexity index is 246. The minimum Gasteiger partial charge on any atom is -0.530 e. The smallest absolute Gasteiger partial charge is 0.251 e. The molecule has 80 valence electrons. The summed E-state index contributed by atoms with van der Waals surface area (Å²) in [7, 11) is 0. The summed E-state index contributed by atoms with van der Waals surface area (Å²) in [5.74, 6) is 0. The predicted octanol–water partition coefficient (Wildman–Crippen LogP) is -0.788. The molecule has 2 aliphatic rings. The number of carbonyl (C=O) groups is 1. The maximum Gasteiger partial charge on any atom is 0.251 e. The van der Waals surface area contributed by atoms with Crippen LogP contribution in [0.15, 0.2) is 0 Å². The van der Waals surface area contributed by atoms with E-state index in [1.165, 1.54) is 4.90 Å². The largest absolute Gasteiger partial charge is 0.530 e. The van der Waals surface area contributed by atoms with Crippen LogP contribution in [0.3, 0.4) is 0 Å². The maximum atomic E-state index is 11.9. The standard InChI is InChI=1S/C8H12F2N2O2/c9-6(10)1-11-2-8(3-11)4-12(5-8)7(13)14/h6H,1-5H2,(H,13,14)/p-1. The number of carboxylic acid groups (broad SMARTS) is 1. The first-order chi connectivity index (χ1) is 6.51. The van der Waals surface area contributed by atoms with Gasteiger partial charge in [-0.05, 0) is 0 Å². The lowest BCUT2D eigenvalue weighted by Gasteiger charge is -2.61. The maximum absolute atomic E-state index is 11.9. The molecule has 6 heteroatoms. The van der Waals surface area contributed by atoms with E-state index in [1.807, 2.05) is 0 Å². The number of hydrogen-bond donors (Lipinski definition) is 0. The second kappa shape index (κ2) is 3.05. The SMILES string of the molecule is O=C([O-])N1CC2(CN(CC(F)F)C2)C1. The van der Waals surface area contributed by atoms with Crippen molar-refractivity contribution in [2.45, 2.75) is 6.43 Å². The van der Waals surface area contributed by atoms with Crippen LogP contribution in [-0.2, 0) is 0 Å². The van der Waals surface area contributed by atoms with Gasteiger partial charge in [0.05, 0.1) is 6.54 Å². The molecule has 0 unspecified atom stereocenters. The normalized spacial score (nSPS) is 24.9. The minimum atomic E-state index is -2.30. The van der Waals surface area contributed by atoms with E-state index in [0.29, 0.717) is 26.2 Å². The second-order valence-electron chi connectivity index (χ2n) is 4.18. The van der Waals surface area contributed by atoms with Gasteiger partial charge < -0.3 is 14.8 Å². The van der Waals surface area contributed by atoms with Gasteiger partial charge in [0.25, 0.3) is 6.43 Å². The van der Waals surface area contributed by atoms with Gasteiger partial charge in [-0.1, -0.05) is 0 Å². The van der Waals surface area contributed by atoms with Gasteiger partial charge in [-0.15, -0.1) is 0 Å². The van der Waals surface area contributed by atoms with Crippen molar-refractivity contribution in [3.05, 3.63) is 0 Å². The Kier molecular flexibility index (Phi) is 2.10. The molecular weight excluding hydrogens is 194 g/mol. The molecule has 1 amide bonds. The summed E-state index contributed by atoms with van der Waals surface area (Å²) < 4.78 is 23.9. The van der Waals surface area contributed by atoms with Crippen molar-refractivity contribution in [2.24, 2.45) is 5.41 Å². The average molecular weight is 205 g/mol. The Morgan fingerprint density at radius 3 is 2.36 bits per heavy atom. The van der Waals surface area contributed by atoms with Gasteiger partial charge >= 0.3 is 0 Å². The van der Waals surface area contributed by atoms with Crippen molar-refractivity contribution >= 4 is 6.09 Å². The number of nitrogens with zero attached hydrogens (tertiary/aromatic N) is 2. The van der Waals surface area contributed by atoms with E-state index in [0.717, 1.165) is 0 Å². The number of likely N-dealkylation sites (tertiary alicyclic amines) is 2. The number of rotatable bonds is 2. The van der Waals surface area contributed by atoms with Gasteiger partial charge in [-0.25, -0.2) is 8.78 Å². The van der Waals surface area contributed by atoms with E-state index in [1.54, 1.807) is 4.90 Å². The molecule has 2 rings (SSSR count). The van der Waals surface area contributed by atoms with Crippen LogP contribution in [0, 0.1) is 5.41 Å². The number of carbonyl (C=O) groups excluding carboxylic acids is 1. The molecule has 14 heavy (non-hydrogen) atoms. The van der Waals surface area contributed by atoms with E-state index >= 15 is 0 Å². The number of amides is 1. The Morgan fingerprint density at radius 1 is 1.36 bits per heavy atom. The molecule has 0 aromatic carbocycles. The summed E-state index contributed by atoms with van der Waals surface area (Å²) >= 11 is 0. The van der Waals surface area contributed by atoms with Crippen LogP contribution in [0.5, 0.6) is 0 Å². The quantitative estimate of drug-likeness (QED) is 0.593. The zero-order valence-corrected chi connectivity index (χ0v) is 7.58. The van der Waals surface area contributed by atoms with Crippen molar-refractivity contribution in [1.29, 1.82) is 0 Å². The van der Waals surface area contributed by atoms with Crippen LogP contribution in [0.2, 0.25) is 0 Å². The fraction of sp³-hybridized carbons (Fsp3) is 0.875. The zero-order valence-electron chi connectivity index (χ0n) is 7.58. The lowest BCUT2D eigenvalue weighted by Crippen LogP contribution is -2.74. The minimum absolute atomic E-state index is 0.0467. The van der Waals surface area contributed by atoms with Gasteiger partial charge in [0.2, 0.25) is 0 Å². The highest BCUT2D eigenvalue weighted by atomic mass is 19.3. The summed E-state index contributed by atoms with van der Waals surface area (Å²) in [6.07, 6.45) is -3.47. The first kappa shape index (κ1) is 9.64. The molecule has 4 nitrogen and oxygen atoms in total. The Morgan fingerprint density at radius 2 is 1.93 bits per heavy atom. The molecular formula is C8H11F2N2O2-. The zero-order chi connectivity index (χ0) is 10.3. The summed E-state index contributed by atoms with van der Waals surface area (Å²) in [6, 6.07) is 0. The molecule has 2 aliphatic heterocycles. The number of halogens is 2. The molecule has 0 bridgehead atoms. The Hall–Kier alpha value is -0.910. The summed E-state index contributed by atoms with van der Waals surface area (Å²) in [5.41, 5.74) is -0.0467. The highest BCUT2D eigenvalue weighted by Crippen LogP contribution is 2.39. The molecule has 0 atom stereocenters. The fourth-order valence-electron chi connectivity index (χ4n) is 2.32. The molecule has 2 fully saturated rings. The van der Waals surface area contributed by atoms with Crippen LogP contribution < -0.4 is 5.11 Å². The molecule has 0 radical (unpaired) electrons. The number of hydrogen-bond acceptors (Lipinski definition) is 3. The van der Waals surface area contributed by atoms with E-state index in [4.69, 9.17) is 0 Å². The molecule has 0 aromatic rings. The van der Waals surface area contributed by atoms with E-state index in [9.17, 15) is 18.7 Å². The van der Waals surface area contributed by atoms with Gasteiger partial charge in [0.1, 0.15) is 6.09 Å². The predicted molar refractivity (Wildman–Crippen MR) is 41.8 cm³/mol. The van der Waals surface area contributed by atoms with Gasteiger partial charge in [-0.2, -0.15) is 0 Å². The highest BCUT2D eigenvalue weighted by molar-refractivity contribution is 5.64. The molecule has 0 aromatic heterocycles. The molecule has 0 N–H and O–H groups in total. The van der Waals surface area contributed by atoms with Crippen molar-refractivity contribution in [2.75, 3.05) is 32.7 Å². The molecule has 2 heterocycles. The van der Waals surface area contributed by atoms with Crippen LogP contribution in [-0.4, -0.2) is 55.0 Å². The summed E-state index contributed by atoms with van der Waals surface area (Å²) in [6.45, 7) is 1.85. The molecule has 0 saturated carbocycles. The Balaban J connectivity index is 1.72. The lowest BCUT2D eigenvalue weighted by molar-refractivity contribution is -0.280. The topological polar surface area (TPSA) is 46.6 Å². The summed E-state index contributed by atoms with van der Waals surface area (Å²) in [5, 5.41) is 10.3. The third-order valence-corrected chi connectivity index (χ3v) is 2.82. The van der Waals surface area contributed by atoms with Crippen LogP contribution >= 0.6 is 0 Å². The van der Waals surface area contributed by atoms with Crippen LogP contribution in [0.1, 0.15) is 0 Å².